The third kappa shape index (κ3) is 5.05. The molecule has 2 aromatic heterocycles. The predicted molar refractivity (Wildman–Crippen MR) is 231 cm³/mol. The van der Waals surface area contributed by atoms with Crippen molar-refractivity contribution in [2.45, 2.75) is 0 Å². The Morgan fingerprint density at radius 2 is 1.05 bits per heavy atom. The number of fused-ring (bicyclic) bond motifs is 7. The first kappa shape index (κ1) is 31.2. The van der Waals surface area contributed by atoms with Crippen LogP contribution in [-0.2, 0) is 0 Å². The molecule has 0 saturated carbocycles. The van der Waals surface area contributed by atoms with Gasteiger partial charge in [0.05, 0.1) is 27.8 Å². The molecule has 258 valence electrons. The summed E-state index contributed by atoms with van der Waals surface area (Å²) in [5, 5.41) is 7.01. The number of hydrogen-bond acceptors (Lipinski definition) is 2. The van der Waals surface area contributed by atoms with Gasteiger partial charge in [0.1, 0.15) is 11.2 Å². The van der Waals surface area contributed by atoms with E-state index >= 15 is 0 Å². The molecule has 0 aliphatic rings. The second-order valence-corrected chi connectivity index (χ2v) is 14.1. The van der Waals surface area contributed by atoms with E-state index in [4.69, 9.17) is 4.42 Å². The van der Waals surface area contributed by atoms with Crippen molar-refractivity contribution in [2.24, 2.45) is 0 Å². The summed E-state index contributed by atoms with van der Waals surface area (Å²) < 4.78 is 8.92. The van der Waals surface area contributed by atoms with Crippen LogP contribution in [0.5, 0.6) is 0 Å². The average Bonchev–Trinajstić information content (AvgIpc) is 3.80. The van der Waals surface area contributed by atoms with Crippen LogP contribution in [0.4, 0.5) is 17.1 Å². The summed E-state index contributed by atoms with van der Waals surface area (Å²) in [6, 6.07) is 74.0. The first-order valence-electron chi connectivity index (χ1n) is 18.8. The van der Waals surface area contributed by atoms with E-state index in [9.17, 15) is 0 Å². The fourth-order valence-electron chi connectivity index (χ4n) is 8.51. The molecule has 0 bridgehead atoms. The average molecular weight is 703 g/mol. The topological polar surface area (TPSA) is 21.3 Å². The molecule has 0 atom stereocenters. The molecule has 55 heavy (non-hydrogen) atoms. The van der Waals surface area contributed by atoms with Gasteiger partial charge in [-0.25, -0.2) is 0 Å². The van der Waals surface area contributed by atoms with Gasteiger partial charge in [-0.2, -0.15) is 0 Å². The van der Waals surface area contributed by atoms with Crippen LogP contribution in [0.15, 0.2) is 211 Å². The van der Waals surface area contributed by atoms with Gasteiger partial charge in [-0.05, 0) is 82.7 Å². The van der Waals surface area contributed by atoms with Crippen LogP contribution in [0.1, 0.15) is 0 Å². The van der Waals surface area contributed by atoms with Crippen LogP contribution in [0.2, 0.25) is 0 Å². The standard InChI is InChI=1S/C52H34N2O/c1-4-16-35(17-5-1)38-32-44(37-18-6-2-7-19-37)52-45(33-38)42-31-30-40(34-48(42)54(52)46-26-14-21-36-20-10-11-24-41(36)46)53(39-22-8-3-9-23-39)47-27-15-29-50-51(47)43-25-12-13-28-49(43)55-50/h1-34H. The van der Waals surface area contributed by atoms with Crippen LogP contribution < -0.4 is 4.90 Å². The van der Waals surface area contributed by atoms with E-state index in [0.29, 0.717) is 0 Å². The van der Waals surface area contributed by atoms with Crippen LogP contribution in [0.3, 0.4) is 0 Å². The molecule has 0 saturated heterocycles. The van der Waals surface area contributed by atoms with Crippen molar-refractivity contribution in [3.8, 4) is 27.9 Å². The SMILES string of the molecule is c1ccc(-c2cc(-c3ccccc3)c3c(c2)c2ccc(N(c4ccccc4)c4cccc5oc6ccccc6c45)cc2n3-c2cccc3ccccc23)cc1. The van der Waals surface area contributed by atoms with Gasteiger partial charge in [0.25, 0.3) is 0 Å². The molecule has 0 amide bonds. The van der Waals surface area contributed by atoms with E-state index in [2.05, 4.69) is 210 Å². The fraction of sp³-hybridized carbons (Fsp3) is 0. The summed E-state index contributed by atoms with van der Waals surface area (Å²) in [7, 11) is 0. The molecule has 0 unspecified atom stereocenters. The van der Waals surface area contributed by atoms with Gasteiger partial charge < -0.3 is 13.9 Å². The van der Waals surface area contributed by atoms with Gasteiger partial charge >= 0.3 is 0 Å². The molecule has 0 radical (unpaired) electrons. The summed E-state index contributed by atoms with van der Waals surface area (Å²) in [5.41, 5.74) is 13.2. The Hall–Kier alpha value is -7.36. The van der Waals surface area contributed by atoms with Gasteiger partial charge in [0, 0.05) is 38.5 Å². The maximum atomic E-state index is 6.42. The minimum absolute atomic E-state index is 0.867. The first-order valence-corrected chi connectivity index (χ1v) is 18.8. The molecule has 0 aliphatic carbocycles. The Kier molecular flexibility index (Phi) is 7.17. The summed E-state index contributed by atoms with van der Waals surface area (Å²) in [6.45, 7) is 0. The quantitative estimate of drug-likeness (QED) is 0.172. The number of furan rings is 1. The van der Waals surface area contributed by atoms with Gasteiger partial charge in [-0.1, -0.05) is 146 Å². The number of hydrogen-bond donors (Lipinski definition) is 0. The zero-order valence-corrected chi connectivity index (χ0v) is 29.9. The highest BCUT2D eigenvalue weighted by Crippen LogP contribution is 2.47. The summed E-state index contributed by atoms with van der Waals surface area (Å²) in [5.74, 6) is 0. The van der Waals surface area contributed by atoms with Gasteiger partial charge in [-0.3, -0.25) is 0 Å². The van der Waals surface area contributed by atoms with Crippen LogP contribution in [-0.4, -0.2) is 4.57 Å². The number of benzene rings is 9. The smallest absolute Gasteiger partial charge is 0.137 e. The van der Waals surface area contributed by atoms with E-state index in [0.717, 1.165) is 50.2 Å². The normalized spacial score (nSPS) is 11.6. The summed E-state index contributed by atoms with van der Waals surface area (Å²) in [4.78, 5) is 2.38. The number of nitrogens with zero attached hydrogens (tertiary/aromatic N) is 2. The molecular weight excluding hydrogens is 669 g/mol. The van der Waals surface area contributed by atoms with Crippen molar-refractivity contribution in [3.63, 3.8) is 0 Å². The zero-order valence-electron chi connectivity index (χ0n) is 29.9. The van der Waals surface area contributed by atoms with Crippen LogP contribution >= 0.6 is 0 Å². The van der Waals surface area contributed by atoms with E-state index in [1.807, 2.05) is 6.07 Å². The molecule has 9 aromatic carbocycles. The lowest BCUT2D eigenvalue weighted by atomic mass is 9.95. The molecule has 11 rings (SSSR count). The molecule has 0 fully saturated rings. The minimum Gasteiger partial charge on any atom is -0.456 e. The number of aromatic nitrogens is 1. The first-order chi connectivity index (χ1) is 27.3. The van der Waals surface area contributed by atoms with Crippen molar-refractivity contribution in [3.05, 3.63) is 206 Å². The predicted octanol–water partition coefficient (Wildman–Crippen LogP) is 14.6. The van der Waals surface area contributed by atoms with E-state index in [-0.39, 0.29) is 0 Å². The molecule has 3 nitrogen and oxygen atoms in total. The second-order valence-electron chi connectivity index (χ2n) is 14.1. The lowest BCUT2D eigenvalue weighted by Crippen LogP contribution is -2.10. The second kappa shape index (κ2) is 12.6. The molecule has 0 aliphatic heterocycles. The lowest BCUT2D eigenvalue weighted by molar-refractivity contribution is 0.669. The summed E-state index contributed by atoms with van der Waals surface area (Å²) in [6.07, 6.45) is 0. The zero-order chi connectivity index (χ0) is 36.3. The number of anilines is 3. The highest BCUT2D eigenvalue weighted by molar-refractivity contribution is 6.18. The molecule has 2 heterocycles. The van der Waals surface area contributed by atoms with Gasteiger partial charge in [0.2, 0.25) is 0 Å². The van der Waals surface area contributed by atoms with E-state index in [1.54, 1.807) is 0 Å². The maximum absolute atomic E-state index is 6.42. The van der Waals surface area contributed by atoms with E-state index < -0.39 is 0 Å². The monoisotopic (exact) mass is 702 g/mol. The number of rotatable bonds is 6. The molecule has 3 heteroatoms. The van der Waals surface area contributed by atoms with Crippen LogP contribution in [0, 0.1) is 0 Å². The third-order valence-corrected chi connectivity index (χ3v) is 10.9. The molecule has 11 aromatic rings. The number of para-hydroxylation sites is 2. The highest BCUT2D eigenvalue weighted by Gasteiger charge is 2.23. The Balaban J connectivity index is 1.28. The van der Waals surface area contributed by atoms with E-state index in [1.165, 1.54) is 49.3 Å². The van der Waals surface area contributed by atoms with Crippen LogP contribution in [0.25, 0.3) is 82.5 Å². The third-order valence-electron chi connectivity index (χ3n) is 10.9. The largest absolute Gasteiger partial charge is 0.456 e. The van der Waals surface area contributed by atoms with Gasteiger partial charge in [0.15, 0.2) is 0 Å². The van der Waals surface area contributed by atoms with Crippen molar-refractivity contribution in [2.75, 3.05) is 4.90 Å². The Bertz CT molecular complexity index is 3190. The molecule has 0 N–H and O–H groups in total. The van der Waals surface area contributed by atoms with Crippen molar-refractivity contribution >= 4 is 71.6 Å². The fourth-order valence-corrected chi connectivity index (χ4v) is 8.51. The molecular formula is C52H34N2O. The minimum atomic E-state index is 0.867. The Morgan fingerprint density at radius 1 is 0.400 bits per heavy atom. The van der Waals surface area contributed by atoms with Gasteiger partial charge in [-0.15, -0.1) is 0 Å². The lowest BCUT2D eigenvalue weighted by Gasteiger charge is -2.26. The van der Waals surface area contributed by atoms with Crippen molar-refractivity contribution in [1.29, 1.82) is 0 Å². The maximum Gasteiger partial charge on any atom is 0.137 e. The van der Waals surface area contributed by atoms with Crippen molar-refractivity contribution < 1.29 is 4.42 Å². The molecule has 0 spiro atoms. The Labute approximate surface area is 318 Å². The highest BCUT2D eigenvalue weighted by atomic mass is 16.3. The summed E-state index contributed by atoms with van der Waals surface area (Å²) >= 11 is 0. The van der Waals surface area contributed by atoms with Crippen molar-refractivity contribution in [1.82, 2.24) is 4.57 Å². The Morgan fingerprint density at radius 3 is 1.87 bits per heavy atom.